The van der Waals surface area contributed by atoms with E-state index in [1.54, 1.807) is 126 Å². The van der Waals surface area contributed by atoms with E-state index in [0.717, 1.165) is 18.2 Å². The predicted molar refractivity (Wildman–Crippen MR) is 356 cm³/mol. The van der Waals surface area contributed by atoms with Crippen molar-refractivity contribution in [3.05, 3.63) is 160 Å². The Labute approximate surface area is 572 Å². The Morgan fingerprint density at radius 3 is 2.05 bits per heavy atom. The van der Waals surface area contributed by atoms with Gasteiger partial charge in [0.25, 0.3) is 5.91 Å². The van der Waals surface area contributed by atoms with Crippen LogP contribution in [0.25, 0.3) is 6.08 Å². The molecule has 14 atom stereocenters. The first-order chi connectivity index (χ1) is 46.3. The molecule has 4 aromatic carbocycles. The van der Waals surface area contributed by atoms with Crippen LogP contribution in [0.5, 0.6) is 0 Å². The third-order valence-corrected chi connectivity index (χ3v) is 20.5. The van der Waals surface area contributed by atoms with Crippen molar-refractivity contribution in [1.82, 2.24) is 21.3 Å². The number of primary amides is 2. The fourth-order valence-corrected chi connectivity index (χ4v) is 14.8. The van der Waals surface area contributed by atoms with E-state index in [-0.39, 0.29) is 73.6 Å². The topological polar surface area (TPSA) is 365 Å². The second kappa shape index (κ2) is 31.7. The quantitative estimate of drug-likeness (QED) is 0.00935. The number of nitrogens with one attached hydrogen (secondary N) is 4. The predicted octanol–water partition coefficient (Wildman–Crippen LogP) is 6.58. The Kier molecular flexibility index (Phi) is 24.2. The molecule has 0 spiro atoms. The molecule has 2 saturated carbocycles. The molecule has 10 N–H and O–H groups in total. The molecule has 4 aromatic rings. The van der Waals surface area contributed by atoms with E-state index < -0.39 is 179 Å². The maximum Gasteiger partial charge on any atom is 0.350 e. The number of amides is 6. The lowest BCUT2D eigenvalue weighted by atomic mass is 9.41. The van der Waals surface area contributed by atoms with Crippen LogP contribution in [0.4, 0.5) is 4.39 Å². The summed E-state index contributed by atoms with van der Waals surface area (Å²) in [4.78, 5) is 150. The smallest absolute Gasteiger partial charge is 0.350 e. The second-order valence-electron chi connectivity index (χ2n) is 26.9. The number of rotatable bonds is 29. The molecule has 2 bridgehead atoms. The molecular formula is C73H86ClFN6O17. The van der Waals surface area contributed by atoms with Crippen LogP contribution in [-0.4, -0.2) is 136 Å². The molecule has 6 amide bonds. The normalized spacial score (nSPS) is 25.3. The zero-order chi connectivity index (χ0) is 71.6. The van der Waals surface area contributed by atoms with Crippen molar-refractivity contribution >= 4 is 82.6 Å². The molecule has 2 unspecified atom stereocenters. The van der Waals surface area contributed by atoms with Gasteiger partial charge >= 0.3 is 17.9 Å². The highest BCUT2D eigenvalue weighted by Gasteiger charge is 2.75. The number of aliphatic hydroxyl groups excluding tert-OH is 1. The molecule has 0 radical (unpaired) electrons. The van der Waals surface area contributed by atoms with E-state index in [2.05, 4.69) is 21.3 Å². The van der Waals surface area contributed by atoms with Crippen LogP contribution in [0.3, 0.4) is 0 Å². The minimum absolute atomic E-state index is 0.0360. The van der Waals surface area contributed by atoms with Gasteiger partial charge in [0, 0.05) is 78.9 Å². The molecule has 3 aliphatic carbocycles. The van der Waals surface area contributed by atoms with Gasteiger partial charge < -0.3 is 61.9 Å². The van der Waals surface area contributed by atoms with E-state index in [9.17, 15) is 57.8 Å². The van der Waals surface area contributed by atoms with E-state index in [1.165, 1.54) is 19.1 Å². The zero-order valence-electron chi connectivity index (χ0n) is 55.8. The number of carbonyl (C=O) groups is 11. The van der Waals surface area contributed by atoms with Crippen LogP contribution in [0.15, 0.2) is 126 Å². The van der Waals surface area contributed by atoms with Crippen molar-refractivity contribution in [1.29, 1.82) is 0 Å². The number of Topliss-reactive ketones (excluding diaryl/α,β-unsaturated/α-hetero) is 2. The summed E-state index contributed by atoms with van der Waals surface area (Å²) in [5.41, 5.74) is 6.84. The molecule has 8 rings (SSSR count). The minimum atomic E-state index is -2.17. The highest BCUT2D eigenvalue weighted by atomic mass is 35.5. The van der Waals surface area contributed by atoms with E-state index in [4.69, 9.17) is 42.0 Å². The fraction of sp³-hybridized carbons (Fsp3) is 0.466. The van der Waals surface area contributed by atoms with Crippen molar-refractivity contribution in [2.45, 2.75) is 167 Å². The molecule has 1 saturated heterocycles. The van der Waals surface area contributed by atoms with Crippen LogP contribution in [0.2, 0.25) is 5.02 Å². The SMILES string of the molecule is CC1=C2[C@@H](C)C(=O)[C@@]3(C)[C@H]([C@H](OC(=O)c4ccccc4)[C@](O)(C[C@@H]1OC(=O)[C@H](OC(=O)CCC(=O)NCCCCC(NC(=O)CC[C@H](CC(=O)C(C)NC(=O)/C=C/c1ccc(F)cc1Cl)C(N)=O)C(N)=O)[C@H](NC(=O)c1ccccc1)c1ccccc1)C2(C)C)[C@]1(C)CO[C@@H]1C[C@@H]3O. The summed E-state index contributed by atoms with van der Waals surface area (Å²) >= 11 is 6.01. The molecule has 1 heterocycles. The van der Waals surface area contributed by atoms with E-state index in [1.807, 2.05) is 6.92 Å². The maximum atomic E-state index is 15.5. The largest absolute Gasteiger partial charge is 0.455 e. The maximum absolute atomic E-state index is 15.5. The summed E-state index contributed by atoms with van der Waals surface area (Å²) < 4.78 is 38.5. The summed E-state index contributed by atoms with van der Waals surface area (Å²) in [6, 6.07) is 24.3. The number of benzene rings is 4. The molecule has 1 aliphatic heterocycles. The Bertz CT molecular complexity index is 3740. The number of carbonyl (C=O) groups excluding carboxylic acids is 11. The van der Waals surface area contributed by atoms with Gasteiger partial charge in [-0.1, -0.05) is 112 Å². The van der Waals surface area contributed by atoms with Crippen LogP contribution in [0, 0.1) is 39.8 Å². The molecule has 0 aromatic heterocycles. The highest BCUT2D eigenvalue weighted by molar-refractivity contribution is 6.32. The minimum Gasteiger partial charge on any atom is -0.455 e. The number of hydrogen-bond donors (Lipinski definition) is 8. The standard InChI is InChI=1S/C73H86ClFN6O17/c1-40-52(38-73(94)64(98-68(92)46-23-15-10-16-24-46)62-71(6)39-95-54(71)37-53(83)72(62,7)63(88)41(2)59(40)70(73,4)5)96-69(93)61(60(44-19-11-8-12-20-44)81-67(91)45-21-13-9-14-22-45)97-58(87)33-32-55(84)78-34-18-17-25-50(66(77)90)80-57(86)31-28-47(65(76)89)35-51(82)42(3)79-56(85)30-27-43-26-29-48(75)36-49(43)74/h8-16,19-24,26-27,29-30,36,41-42,47,50,52-54,60-62,64,83,94H,17-18,25,28,31-35,37-39H2,1-7H3,(H2,76,89)(H2,77,90)(H,78,84)(H,79,85)(H,80,86)(H,81,91)/b30-27+/t41-,42?,47-,50?,52+,53+,54-,60-,61-,62-,64+,71-,72-,73-/m1/s1. The average molecular weight is 1370 g/mol. The number of aliphatic hydroxyl groups is 2. The molecule has 25 heteroatoms. The van der Waals surface area contributed by atoms with Gasteiger partial charge in [-0.25, -0.2) is 14.0 Å². The molecular weight excluding hydrogens is 1290 g/mol. The molecule has 98 heavy (non-hydrogen) atoms. The Morgan fingerprint density at radius 1 is 0.796 bits per heavy atom. The first kappa shape index (κ1) is 74.8. The third kappa shape index (κ3) is 16.6. The van der Waals surface area contributed by atoms with Crippen molar-refractivity contribution < 1.29 is 86.3 Å². The van der Waals surface area contributed by atoms with Crippen LogP contribution < -0.4 is 32.7 Å². The van der Waals surface area contributed by atoms with Crippen molar-refractivity contribution in [2.75, 3.05) is 13.2 Å². The molecule has 4 aliphatic rings. The molecule has 524 valence electrons. The molecule has 23 nitrogen and oxygen atoms in total. The first-order valence-electron chi connectivity index (χ1n) is 32.8. The molecule has 3 fully saturated rings. The number of hydrogen-bond acceptors (Lipinski definition) is 17. The van der Waals surface area contributed by atoms with Gasteiger partial charge in [-0.3, -0.25) is 43.2 Å². The van der Waals surface area contributed by atoms with E-state index >= 15 is 9.59 Å². The lowest BCUT2D eigenvalue weighted by molar-refractivity contribution is -0.312. The lowest BCUT2D eigenvalue weighted by Crippen LogP contribution is -2.77. The number of nitrogens with two attached hydrogens (primary N) is 2. The number of halogens is 2. The van der Waals surface area contributed by atoms with Crippen LogP contribution in [0.1, 0.15) is 151 Å². The number of unbranched alkanes of at least 4 members (excludes halogenated alkanes) is 1. The Balaban J connectivity index is 0.929. The summed E-state index contributed by atoms with van der Waals surface area (Å²) in [6.07, 6.45) is -6.09. The first-order valence-corrected chi connectivity index (χ1v) is 33.1. The van der Waals surface area contributed by atoms with Gasteiger partial charge in [0.15, 0.2) is 5.78 Å². The monoisotopic (exact) mass is 1370 g/mol. The van der Waals surface area contributed by atoms with Crippen molar-refractivity contribution in [3.63, 3.8) is 0 Å². The van der Waals surface area contributed by atoms with Gasteiger partial charge in [0.1, 0.15) is 41.5 Å². The second-order valence-corrected chi connectivity index (χ2v) is 27.3. The third-order valence-electron chi connectivity index (χ3n) is 20.1. The number of esters is 3. The van der Waals surface area contributed by atoms with Crippen LogP contribution >= 0.6 is 11.6 Å². The number of ether oxygens (including phenoxy) is 4. The van der Waals surface area contributed by atoms with Crippen molar-refractivity contribution in [3.8, 4) is 0 Å². The van der Waals surface area contributed by atoms with Crippen LogP contribution in [-0.2, 0) is 62.1 Å². The van der Waals surface area contributed by atoms with Gasteiger partial charge in [-0.05, 0) is 111 Å². The fourth-order valence-electron chi connectivity index (χ4n) is 14.5. The van der Waals surface area contributed by atoms with Gasteiger partial charge in [0.2, 0.25) is 35.6 Å². The van der Waals surface area contributed by atoms with Crippen molar-refractivity contribution in [2.24, 2.45) is 45.5 Å². The highest BCUT2D eigenvalue weighted by Crippen LogP contribution is 2.66. The number of fused-ring (bicyclic) bond motifs is 5. The Hall–Kier alpha value is -8.97. The zero-order valence-corrected chi connectivity index (χ0v) is 56.6. The summed E-state index contributed by atoms with van der Waals surface area (Å²) in [5, 5.41) is 36.7. The summed E-state index contributed by atoms with van der Waals surface area (Å²) in [6.45, 7) is 11.9. The number of ketones is 2. The summed E-state index contributed by atoms with van der Waals surface area (Å²) in [7, 11) is 0. The average Bonchev–Trinajstić information content (AvgIpc) is 0.674. The van der Waals surface area contributed by atoms with E-state index in [0.29, 0.717) is 22.3 Å². The summed E-state index contributed by atoms with van der Waals surface area (Å²) in [5.74, 6) is -12.1. The van der Waals surface area contributed by atoms with Gasteiger partial charge in [-0.2, -0.15) is 0 Å². The van der Waals surface area contributed by atoms with Gasteiger partial charge in [0.05, 0.1) is 47.3 Å². The Morgan fingerprint density at radius 2 is 1.44 bits per heavy atom. The van der Waals surface area contributed by atoms with Gasteiger partial charge in [-0.15, -0.1) is 0 Å². The lowest BCUT2D eigenvalue weighted by Gasteiger charge is -2.68.